The number of halogens is 1. The molecule has 1 amide bonds. The molecule has 0 aromatic heterocycles. The van der Waals surface area contributed by atoms with Gasteiger partial charge in [0.05, 0.1) is 6.61 Å². The summed E-state index contributed by atoms with van der Waals surface area (Å²) >= 11 is 0. The Bertz CT molecular complexity index is 373. The normalized spacial score (nSPS) is 12.9. The molecule has 1 atom stereocenters. The van der Waals surface area contributed by atoms with E-state index in [2.05, 4.69) is 15.6 Å². The number of rotatable bonds is 8. The van der Waals surface area contributed by atoms with Crippen molar-refractivity contribution in [2.75, 3.05) is 40.4 Å². The fourth-order valence-electron chi connectivity index (χ4n) is 1.71. The lowest BCUT2D eigenvalue weighted by atomic mass is 10.2. The van der Waals surface area contributed by atoms with Gasteiger partial charge in [-0.25, -0.2) is 4.79 Å². The first kappa shape index (κ1) is 25.5. The first-order valence-electron chi connectivity index (χ1n) is 8.19. The van der Waals surface area contributed by atoms with Gasteiger partial charge in [-0.2, -0.15) is 0 Å². The predicted molar refractivity (Wildman–Crippen MR) is 109 cm³/mol. The van der Waals surface area contributed by atoms with E-state index in [0.29, 0.717) is 26.3 Å². The van der Waals surface area contributed by atoms with Gasteiger partial charge < -0.3 is 25.0 Å². The standard InChI is InChI=1S/C16H34N4O3.HI/c1-8-22-12-11-19-14(17-6)18-10-9-13(2)20(7)15(21)23-16(3,4)5;/h13H,8-12H2,1-7H3,(H2,17,18,19);1H. The summed E-state index contributed by atoms with van der Waals surface area (Å²) in [4.78, 5) is 17.8. The fourth-order valence-corrected chi connectivity index (χ4v) is 1.71. The van der Waals surface area contributed by atoms with Crippen LogP contribution in [0.2, 0.25) is 0 Å². The number of aliphatic imine (C=N–C) groups is 1. The zero-order valence-electron chi connectivity index (χ0n) is 16.1. The molecule has 0 aromatic carbocycles. The maximum absolute atomic E-state index is 12.0. The maximum Gasteiger partial charge on any atom is 0.410 e. The van der Waals surface area contributed by atoms with Crippen LogP contribution in [0.1, 0.15) is 41.0 Å². The summed E-state index contributed by atoms with van der Waals surface area (Å²) in [7, 11) is 3.49. The minimum absolute atomic E-state index is 0. The molecule has 0 aliphatic rings. The Morgan fingerprint density at radius 1 is 1.25 bits per heavy atom. The molecule has 8 heteroatoms. The van der Waals surface area contributed by atoms with Gasteiger partial charge in [-0.3, -0.25) is 4.99 Å². The van der Waals surface area contributed by atoms with Crippen molar-refractivity contribution in [1.82, 2.24) is 15.5 Å². The molecule has 0 aromatic rings. The van der Waals surface area contributed by atoms with Crippen LogP contribution in [0.3, 0.4) is 0 Å². The van der Waals surface area contributed by atoms with E-state index in [9.17, 15) is 4.79 Å². The Labute approximate surface area is 164 Å². The molecular formula is C16H35IN4O3. The molecule has 1 unspecified atom stereocenters. The summed E-state index contributed by atoms with van der Waals surface area (Å²) in [5.74, 6) is 0.733. The Kier molecular flexibility index (Phi) is 14.3. The van der Waals surface area contributed by atoms with Crippen molar-refractivity contribution in [2.45, 2.75) is 52.7 Å². The first-order chi connectivity index (χ1) is 10.7. The van der Waals surface area contributed by atoms with Crippen LogP contribution in [0.15, 0.2) is 4.99 Å². The van der Waals surface area contributed by atoms with Crippen molar-refractivity contribution < 1.29 is 14.3 Å². The van der Waals surface area contributed by atoms with Gasteiger partial charge in [0.2, 0.25) is 0 Å². The Morgan fingerprint density at radius 2 is 1.83 bits per heavy atom. The van der Waals surface area contributed by atoms with E-state index in [1.165, 1.54) is 0 Å². The van der Waals surface area contributed by atoms with Crippen LogP contribution >= 0.6 is 24.0 Å². The van der Waals surface area contributed by atoms with Crippen molar-refractivity contribution in [1.29, 1.82) is 0 Å². The summed E-state index contributed by atoms with van der Waals surface area (Å²) in [6.45, 7) is 12.3. The Hall–Kier alpha value is -0.770. The molecule has 0 bridgehead atoms. The van der Waals surface area contributed by atoms with Gasteiger partial charge in [0, 0.05) is 39.8 Å². The second-order valence-electron chi connectivity index (χ2n) is 6.35. The Morgan fingerprint density at radius 3 is 2.33 bits per heavy atom. The van der Waals surface area contributed by atoms with Gasteiger partial charge in [-0.1, -0.05) is 0 Å². The molecule has 0 saturated carbocycles. The molecule has 144 valence electrons. The zero-order chi connectivity index (χ0) is 17.9. The van der Waals surface area contributed by atoms with Crippen LogP contribution in [-0.4, -0.2) is 69.0 Å². The first-order valence-corrected chi connectivity index (χ1v) is 8.19. The number of guanidine groups is 1. The zero-order valence-corrected chi connectivity index (χ0v) is 18.5. The monoisotopic (exact) mass is 458 g/mol. The number of amides is 1. The summed E-state index contributed by atoms with van der Waals surface area (Å²) in [5.41, 5.74) is -0.476. The average Bonchev–Trinajstić information content (AvgIpc) is 2.46. The summed E-state index contributed by atoms with van der Waals surface area (Å²) in [5, 5.41) is 6.39. The van der Waals surface area contributed by atoms with E-state index in [0.717, 1.165) is 12.4 Å². The minimum Gasteiger partial charge on any atom is -0.444 e. The van der Waals surface area contributed by atoms with Crippen LogP contribution in [0.4, 0.5) is 4.79 Å². The van der Waals surface area contributed by atoms with Crippen LogP contribution in [0.5, 0.6) is 0 Å². The van der Waals surface area contributed by atoms with Gasteiger partial charge in [0.25, 0.3) is 0 Å². The van der Waals surface area contributed by atoms with E-state index < -0.39 is 5.60 Å². The second-order valence-corrected chi connectivity index (χ2v) is 6.35. The van der Waals surface area contributed by atoms with Gasteiger partial charge in [-0.05, 0) is 41.0 Å². The molecule has 0 aliphatic carbocycles. The lowest BCUT2D eigenvalue weighted by molar-refractivity contribution is 0.0230. The van der Waals surface area contributed by atoms with E-state index in [-0.39, 0.29) is 36.1 Å². The number of hydrogen-bond acceptors (Lipinski definition) is 4. The highest BCUT2D eigenvalue weighted by atomic mass is 127. The van der Waals surface area contributed by atoms with Crippen molar-refractivity contribution >= 4 is 36.0 Å². The second kappa shape index (κ2) is 13.5. The van der Waals surface area contributed by atoms with E-state index >= 15 is 0 Å². The molecule has 0 rings (SSSR count). The molecule has 0 aliphatic heterocycles. The quantitative estimate of drug-likeness (QED) is 0.253. The van der Waals surface area contributed by atoms with Crippen LogP contribution in [-0.2, 0) is 9.47 Å². The molecule has 0 fully saturated rings. The fraction of sp³-hybridized carbons (Fsp3) is 0.875. The van der Waals surface area contributed by atoms with E-state index in [1.54, 1.807) is 19.0 Å². The number of carbonyl (C=O) groups excluding carboxylic acids is 1. The number of ether oxygens (including phenoxy) is 2. The highest BCUT2D eigenvalue weighted by molar-refractivity contribution is 14.0. The molecule has 7 nitrogen and oxygen atoms in total. The molecule has 0 radical (unpaired) electrons. The van der Waals surface area contributed by atoms with Gasteiger partial charge >= 0.3 is 6.09 Å². The smallest absolute Gasteiger partial charge is 0.410 e. The number of nitrogens with one attached hydrogen (secondary N) is 2. The van der Waals surface area contributed by atoms with Gasteiger partial charge in [0.15, 0.2) is 5.96 Å². The minimum atomic E-state index is -0.476. The Balaban J connectivity index is 0. The molecule has 0 heterocycles. The third kappa shape index (κ3) is 12.6. The summed E-state index contributed by atoms with van der Waals surface area (Å²) < 4.78 is 10.6. The topological polar surface area (TPSA) is 75.2 Å². The van der Waals surface area contributed by atoms with Crippen molar-refractivity contribution in [3.05, 3.63) is 0 Å². The van der Waals surface area contributed by atoms with Gasteiger partial charge in [0.1, 0.15) is 5.60 Å². The third-order valence-electron chi connectivity index (χ3n) is 3.16. The molecule has 0 saturated heterocycles. The average molecular weight is 458 g/mol. The lowest BCUT2D eigenvalue weighted by Gasteiger charge is -2.28. The number of nitrogens with zero attached hydrogens (tertiary/aromatic N) is 2. The maximum atomic E-state index is 12.0. The third-order valence-corrected chi connectivity index (χ3v) is 3.16. The van der Waals surface area contributed by atoms with Crippen molar-refractivity contribution in [2.24, 2.45) is 4.99 Å². The number of hydrogen-bond donors (Lipinski definition) is 2. The van der Waals surface area contributed by atoms with Crippen molar-refractivity contribution in [3.8, 4) is 0 Å². The highest BCUT2D eigenvalue weighted by Crippen LogP contribution is 2.11. The largest absolute Gasteiger partial charge is 0.444 e. The summed E-state index contributed by atoms with van der Waals surface area (Å²) in [6, 6.07) is 0.0684. The molecule has 24 heavy (non-hydrogen) atoms. The lowest BCUT2D eigenvalue weighted by Crippen LogP contribution is -2.43. The SMILES string of the molecule is CCOCCNC(=NC)NCCC(C)N(C)C(=O)OC(C)(C)C.I. The predicted octanol–water partition coefficient (Wildman–Crippen LogP) is 2.45. The van der Waals surface area contributed by atoms with Crippen LogP contribution < -0.4 is 10.6 Å². The van der Waals surface area contributed by atoms with E-state index in [1.807, 2.05) is 34.6 Å². The van der Waals surface area contributed by atoms with Crippen LogP contribution in [0, 0.1) is 0 Å². The molecular weight excluding hydrogens is 423 g/mol. The molecule has 0 spiro atoms. The van der Waals surface area contributed by atoms with Crippen LogP contribution in [0.25, 0.3) is 0 Å². The van der Waals surface area contributed by atoms with E-state index in [4.69, 9.17) is 9.47 Å². The van der Waals surface area contributed by atoms with Crippen molar-refractivity contribution in [3.63, 3.8) is 0 Å². The highest BCUT2D eigenvalue weighted by Gasteiger charge is 2.22. The number of carbonyl (C=O) groups is 1. The summed E-state index contributed by atoms with van der Waals surface area (Å²) in [6.07, 6.45) is 0.492. The van der Waals surface area contributed by atoms with Gasteiger partial charge in [-0.15, -0.1) is 24.0 Å². The molecule has 2 N–H and O–H groups in total.